The van der Waals surface area contributed by atoms with Crippen molar-refractivity contribution in [3.05, 3.63) is 60.0 Å². The van der Waals surface area contributed by atoms with Gasteiger partial charge in [0.1, 0.15) is 23.0 Å². The normalized spacial score (nSPS) is 18.3. The molecule has 2 aliphatic rings. The number of anilines is 1. The quantitative estimate of drug-likeness (QED) is 0.395. The Balaban J connectivity index is 1.61. The number of fused-ring (bicyclic) bond motifs is 1. The molecule has 1 aliphatic carbocycles. The van der Waals surface area contributed by atoms with E-state index in [1.165, 1.54) is 0 Å². The molecule has 0 atom stereocenters. The molecule has 1 aromatic heterocycles. The molecule has 4 rings (SSSR count). The topological polar surface area (TPSA) is 117 Å². The summed E-state index contributed by atoms with van der Waals surface area (Å²) in [6.07, 6.45) is 5.16. The fourth-order valence-corrected chi connectivity index (χ4v) is 5.43. The lowest BCUT2D eigenvalue weighted by atomic mass is 10.2. The van der Waals surface area contributed by atoms with Gasteiger partial charge in [-0.3, -0.25) is 4.72 Å². The highest BCUT2D eigenvalue weighted by Crippen LogP contribution is 2.32. The predicted molar refractivity (Wildman–Crippen MR) is 152 cm³/mol. The van der Waals surface area contributed by atoms with Crippen molar-refractivity contribution in [2.75, 3.05) is 37.9 Å². The molecular formula is C27H36N6O3S. The number of allylic oxidation sites excluding steroid dienone is 2. The molecule has 9 nitrogen and oxygen atoms in total. The first-order valence-corrected chi connectivity index (χ1v) is 14.0. The van der Waals surface area contributed by atoms with Crippen molar-refractivity contribution in [3.8, 4) is 0 Å². The molecule has 2 fully saturated rings. The highest BCUT2D eigenvalue weighted by molar-refractivity contribution is 7.93. The third-order valence-corrected chi connectivity index (χ3v) is 8.05. The van der Waals surface area contributed by atoms with Crippen LogP contribution in [-0.2, 0) is 10.0 Å². The van der Waals surface area contributed by atoms with E-state index in [0.717, 1.165) is 48.7 Å². The SMILES string of the molecule is C=C(N=C(/C=C(\C)N=C(N)C=C(C)C)N1CCN(C)CC1)c1cc2cc(NS(=O)(=O)C3CC3)ccc2o1. The third kappa shape index (κ3) is 7.11. The van der Waals surface area contributed by atoms with E-state index in [-0.39, 0.29) is 5.25 Å². The molecule has 0 bridgehead atoms. The smallest absolute Gasteiger partial charge is 0.235 e. The van der Waals surface area contributed by atoms with Crippen molar-refractivity contribution in [2.24, 2.45) is 15.7 Å². The standard InChI is InChI=1S/C27H36N6O3S/c1-18(2)14-26(28)29-19(3)15-27(33-12-10-32(5)11-13-33)30-20(4)25-17-21-16-22(6-9-24(21)36-25)31-37(34,35)23-7-8-23/h6,9,14-17,23,31H,4,7-8,10-13H2,1-3,5H3,(H2,28,29)/b19-15+,30-27?. The molecular weight excluding hydrogens is 488 g/mol. The molecule has 1 saturated carbocycles. The van der Waals surface area contributed by atoms with Crippen molar-refractivity contribution < 1.29 is 12.8 Å². The van der Waals surface area contributed by atoms with E-state index in [4.69, 9.17) is 15.1 Å². The zero-order valence-corrected chi connectivity index (χ0v) is 22.8. The van der Waals surface area contributed by atoms with Crippen molar-refractivity contribution in [1.29, 1.82) is 0 Å². The summed E-state index contributed by atoms with van der Waals surface area (Å²) in [6.45, 7) is 13.5. The molecule has 1 aromatic carbocycles. The van der Waals surface area contributed by atoms with Gasteiger partial charge >= 0.3 is 0 Å². The van der Waals surface area contributed by atoms with Gasteiger partial charge in [0, 0.05) is 49.0 Å². The molecule has 0 radical (unpaired) electrons. The summed E-state index contributed by atoms with van der Waals surface area (Å²) in [5.74, 6) is 1.70. The van der Waals surface area contributed by atoms with Crippen LogP contribution in [0.2, 0.25) is 0 Å². The second-order valence-electron chi connectivity index (χ2n) is 9.96. The minimum absolute atomic E-state index is 0.288. The van der Waals surface area contributed by atoms with E-state index < -0.39 is 10.0 Å². The Morgan fingerprint density at radius 3 is 2.46 bits per heavy atom. The van der Waals surface area contributed by atoms with Crippen molar-refractivity contribution in [2.45, 2.75) is 38.9 Å². The molecule has 0 unspecified atom stereocenters. The number of nitrogens with one attached hydrogen (secondary N) is 1. The number of sulfonamides is 1. The monoisotopic (exact) mass is 524 g/mol. The van der Waals surface area contributed by atoms with Crippen LogP contribution in [0, 0.1) is 0 Å². The maximum Gasteiger partial charge on any atom is 0.235 e. The Labute approximate surface area is 219 Å². The number of rotatable bonds is 8. The van der Waals surface area contributed by atoms with Gasteiger partial charge in [-0.25, -0.2) is 18.4 Å². The predicted octanol–water partition coefficient (Wildman–Crippen LogP) is 4.18. The van der Waals surface area contributed by atoms with Crippen LogP contribution in [0.3, 0.4) is 0 Å². The lowest BCUT2D eigenvalue weighted by Gasteiger charge is -2.33. The third-order valence-electron chi connectivity index (χ3n) is 6.18. The zero-order valence-electron chi connectivity index (χ0n) is 22.0. The number of amidine groups is 2. The Hall–Kier alpha value is -3.37. The fraction of sp³-hybridized carbons (Fsp3) is 0.407. The first kappa shape index (κ1) is 26.7. The average Bonchev–Trinajstić information content (AvgIpc) is 3.59. The molecule has 3 N–H and O–H groups in total. The van der Waals surface area contributed by atoms with Crippen LogP contribution in [0.5, 0.6) is 0 Å². The summed E-state index contributed by atoms with van der Waals surface area (Å²) in [7, 11) is -1.23. The minimum Gasteiger partial charge on any atom is -0.454 e. The maximum absolute atomic E-state index is 12.3. The van der Waals surface area contributed by atoms with Gasteiger partial charge in [-0.2, -0.15) is 0 Å². The van der Waals surface area contributed by atoms with E-state index in [2.05, 4.69) is 33.1 Å². The minimum atomic E-state index is -3.34. The number of aliphatic imine (C=N–C) groups is 2. The van der Waals surface area contributed by atoms with Crippen molar-refractivity contribution in [3.63, 3.8) is 0 Å². The molecule has 2 aromatic rings. The lowest BCUT2D eigenvalue weighted by molar-refractivity contribution is 0.216. The highest BCUT2D eigenvalue weighted by atomic mass is 32.2. The number of hydrogen-bond acceptors (Lipinski definition) is 6. The molecule has 198 valence electrons. The Morgan fingerprint density at radius 2 is 1.81 bits per heavy atom. The summed E-state index contributed by atoms with van der Waals surface area (Å²) in [5, 5.41) is 0.484. The molecule has 1 saturated heterocycles. The largest absolute Gasteiger partial charge is 0.454 e. The second kappa shape index (κ2) is 10.9. The number of furan rings is 1. The van der Waals surface area contributed by atoms with Crippen LogP contribution < -0.4 is 10.5 Å². The van der Waals surface area contributed by atoms with Gasteiger partial charge in [0.25, 0.3) is 0 Å². The van der Waals surface area contributed by atoms with E-state index in [1.54, 1.807) is 18.2 Å². The number of likely N-dealkylation sites (N-methyl/N-ethyl adjacent to an activating group) is 1. The molecule has 1 aliphatic heterocycles. The van der Waals surface area contributed by atoms with Gasteiger partial charge in [-0.15, -0.1) is 0 Å². The van der Waals surface area contributed by atoms with Crippen molar-refractivity contribution in [1.82, 2.24) is 9.80 Å². The van der Waals surface area contributed by atoms with Crippen LogP contribution in [0.15, 0.2) is 68.7 Å². The summed E-state index contributed by atoms with van der Waals surface area (Å²) in [6, 6.07) is 7.07. The highest BCUT2D eigenvalue weighted by Gasteiger charge is 2.35. The molecule has 2 heterocycles. The van der Waals surface area contributed by atoms with Gasteiger partial charge in [-0.1, -0.05) is 12.2 Å². The van der Waals surface area contributed by atoms with E-state index in [9.17, 15) is 8.42 Å². The number of nitrogens with two attached hydrogens (primary N) is 1. The van der Waals surface area contributed by atoms with E-state index in [0.29, 0.717) is 41.4 Å². The Morgan fingerprint density at radius 1 is 1.11 bits per heavy atom. The number of nitrogens with zero attached hydrogens (tertiary/aromatic N) is 4. The van der Waals surface area contributed by atoms with Gasteiger partial charge in [0.15, 0.2) is 5.76 Å². The summed E-state index contributed by atoms with van der Waals surface area (Å²) in [4.78, 5) is 13.8. The second-order valence-corrected chi connectivity index (χ2v) is 11.9. The van der Waals surface area contributed by atoms with Gasteiger partial charge in [0.2, 0.25) is 10.0 Å². The summed E-state index contributed by atoms with van der Waals surface area (Å²) >= 11 is 0. The van der Waals surface area contributed by atoms with Gasteiger partial charge in [-0.05, 0) is 71.0 Å². The average molecular weight is 525 g/mol. The van der Waals surface area contributed by atoms with Crippen LogP contribution in [0.25, 0.3) is 16.7 Å². The molecule has 10 heteroatoms. The van der Waals surface area contributed by atoms with Crippen LogP contribution in [-0.4, -0.2) is 68.4 Å². The maximum atomic E-state index is 12.3. The van der Waals surface area contributed by atoms with E-state index >= 15 is 0 Å². The first-order valence-electron chi connectivity index (χ1n) is 12.4. The van der Waals surface area contributed by atoms with Gasteiger partial charge in [0.05, 0.1) is 5.25 Å². The Kier molecular flexibility index (Phi) is 7.89. The number of piperazine rings is 1. The summed E-state index contributed by atoms with van der Waals surface area (Å²) < 4.78 is 33.3. The van der Waals surface area contributed by atoms with E-state index in [1.807, 2.05) is 39.0 Å². The number of hydrogen-bond donors (Lipinski definition) is 2. The molecule has 0 spiro atoms. The van der Waals surface area contributed by atoms with Crippen LogP contribution >= 0.6 is 0 Å². The van der Waals surface area contributed by atoms with Gasteiger partial charge < -0.3 is 20.0 Å². The number of benzene rings is 1. The van der Waals surface area contributed by atoms with Crippen LogP contribution in [0.1, 0.15) is 39.4 Å². The molecule has 0 amide bonds. The Bertz CT molecular complexity index is 1400. The first-order chi connectivity index (χ1) is 17.5. The zero-order chi connectivity index (χ0) is 26.7. The van der Waals surface area contributed by atoms with Crippen molar-refractivity contribution >= 4 is 44.0 Å². The van der Waals surface area contributed by atoms with Crippen LogP contribution in [0.4, 0.5) is 5.69 Å². The fourth-order valence-electron chi connectivity index (χ4n) is 4.05. The lowest BCUT2D eigenvalue weighted by Crippen LogP contribution is -2.46. The summed E-state index contributed by atoms with van der Waals surface area (Å²) in [5.41, 5.74) is 9.48. The molecule has 37 heavy (non-hydrogen) atoms.